The zero-order chi connectivity index (χ0) is 11.3. The van der Waals surface area contributed by atoms with Crippen LogP contribution in [0.3, 0.4) is 0 Å². The van der Waals surface area contributed by atoms with E-state index in [4.69, 9.17) is 14.9 Å². The van der Waals surface area contributed by atoms with E-state index in [2.05, 4.69) is 15.9 Å². The van der Waals surface area contributed by atoms with Gasteiger partial charge in [0.1, 0.15) is 5.75 Å². The third-order valence-corrected chi connectivity index (χ3v) is 2.77. The summed E-state index contributed by atoms with van der Waals surface area (Å²) >= 11 is 3.33. The summed E-state index contributed by atoms with van der Waals surface area (Å²) in [7, 11) is 0. The van der Waals surface area contributed by atoms with Gasteiger partial charge in [-0.05, 0) is 30.7 Å². The van der Waals surface area contributed by atoms with Crippen molar-refractivity contribution in [2.75, 3.05) is 6.61 Å². The average Bonchev–Trinajstić information content (AvgIpc) is 2.20. The number of halogens is 1. The molecule has 0 bridgehead atoms. The summed E-state index contributed by atoms with van der Waals surface area (Å²) in [6, 6.07) is 5.45. The smallest absolute Gasteiger partial charge is 0.119 e. The molecule has 0 radical (unpaired) electrons. The molecule has 0 fully saturated rings. The molecule has 15 heavy (non-hydrogen) atoms. The molecule has 1 unspecified atom stereocenters. The monoisotopic (exact) mass is 274 g/mol. The van der Waals surface area contributed by atoms with Crippen LogP contribution in [-0.4, -0.2) is 22.9 Å². The maximum Gasteiger partial charge on any atom is 0.119 e. The molecule has 0 amide bonds. The number of aliphatic hydroxyl groups excluding tert-OH is 2. The second-order valence-corrected chi connectivity index (χ2v) is 4.25. The lowest BCUT2D eigenvalue weighted by Crippen LogP contribution is -2.07. The Kier molecular flexibility index (Phi) is 5.08. The number of benzene rings is 1. The summed E-state index contributed by atoms with van der Waals surface area (Å²) < 4.78 is 6.29. The van der Waals surface area contributed by atoms with Crippen LogP contribution in [0.1, 0.15) is 18.9 Å². The quantitative estimate of drug-likeness (QED) is 0.865. The van der Waals surface area contributed by atoms with E-state index in [-0.39, 0.29) is 12.7 Å². The molecule has 0 aromatic heterocycles. The maximum absolute atomic E-state index is 9.05. The van der Waals surface area contributed by atoms with Gasteiger partial charge in [0.25, 0.3) is 0 Å². The van der Waals surface area contributed by atoms with Crippen LogP contribution >= 0.6 is 15.9 Å². The lowest BCUT2D eigenvalue weighted by molar-refractivity contribution is 0.155. The van der Waals surface area contributed by atoms with Gasteiger partial charge >= 0.3 is 0 Å². The first-order chi connectivity index (χ1) is 7.13. The molecule has 84 valence electrons. The first-order valence-electron chi connectivity index (χ1n) is 4.83. The van der Waals surface area contributed by atoms with Crippen molar-refractivity contribution in [2.24, 2.45) is 0 Å². The molecule has 1 rings (SSSR count). The topological polar surface area (TPSA) is 49.7 Å². The normalized spacial score (nSPS) is 12.5. The van der Waals surface area contributed by atoms with Crippen LogP contribution in [0.2, 0.25) is 0 Å². The van der Waals surface area contributed by atoms with Crippen LogP contribution in [0, 0.1) is 0 Å². The summed E-state index contributed by atoms with van der Waals surface area (Å²) in [4.78, 5) is 0. The fourth-order valence-corrected chi connectivity index (χ4v) is 1.48. The van der Waals surface area contributed by atoms with Crippen LogP contribution < -0.4 is 4.74 Å². The van der Waals surface area contributed by atoms with Crippen LogP contribution in [0.25, 0.3) is 0 Å². The Morgan fingerprint density at radius 2 is 2.20 bits per heavy atom. The summed E-state index contributed by atoms with van der Waals surface area (Å²) in [5, 5.41) is 18.1. The van der Waals surface area contributed by atoms with E-state index in [1.165, 1.54) is 0 Å². The Hall–Kier alpha value is -0.580. The molecule has 2 N–H and O–H groups in total. The second kappa shape index (κ2) is 6.10. The lowest BCUT2D eigenvalue weighted by Gasteiger charge is -2.09. The number of hydrogen-bond donors (Lipinski definition) is 2. The Labute approximate surface area is 97.8 Å². The van der Waals surface area contributed by atoms with E-state index >= 15 is 0 Å². The molecule has 0 saturated heterocycles. The fraction of sp³-hybridized carbons (Fsp3) is 0.455. The van der Waals surface area contributed by atoms with Gasteiger partial charge in [-0.1, -0.05) is 15.9 Å². The minimum absolute atomic E-state index is 0.0197. The summed E-state index contributed by atoms with van der Waals surface area (Å²) in [5.41, 5.74) is 0.796. The number of aliphatic hydroxyl groups is 2. The summed E-state index contributed by atoms with van der Waals surface area (Å²) in [5.74, 6) is 0.711. The van der Waals surface area contributed by atoms with Gasteiger partial charge in [-0.15, -0.1) is 0 Å². The lowest BCUT2D eigenvalue weighted by atomic mass is 10.2. The SMILES string of the molecule is CC(O)CCOc1ccc(Br)c(CO)c1. The van der Waals surface area contributed by atoms with Crippen molar-refractivity contribution in [2.45, 2.75) is 26.1 Å². The van der Waals surface area contributed by atoms with Crippen molar-refractivity contribution in [1.82, 2.24) is 0 Å². The highest BCUT2D eigenvalue weighted by Gasteiger charge is 2.02. The molecule has 0 saturated carbocycles. The first kappa shape index (κ1) is 12.5. The molecule has 3 nitrogen and oxygen atoms in total. The zero-order valence-electron chi connectivity index (χ0n) is 8.61. The zero-order valence-corrected chi connectivity index (χ0v) is 10.2. The minimum atomic E-state index is -0.349. The Balaban J connectivity index is 2.54. The van der Waals surface area contributed by atoms with Gasteiger partial charge in [-0.3, -0.25) is 0 Å². The highest BCUT2D eigenvalue weighted by Crippen LogP contribution is 2.22. The van der Waals surface area contributed by atoms with E-state index in [1.807, 2.05) is 12.1 Å². The highest BCUT2D eigenvalue weighted by atomic mass is 79.9. The standard InChI is InChI=1S/C11H15BrO3/c1-8(14)4-5-15-10-2-3-11(12)9(6-10)7-13/h2-3,6,8,13-14H,4-5,7H2,1H3. The van der Waals surface area contributed by atoms with Gasteiger partial charge in [0.2, 0.25) is 0 Å². The Morgan fingerprint density at radius 3 is 2.80 bits per heavy atom. The summed E-state index contributed by atoms with van der Waals surface area (Å²) in [6.07, 6.45) is 0.252. The molecule has 1 atom stereocenters. The molecule has 0 spiro atoms. The van der Waals surface area contributed by atoms with Gasteiger partial charge in [-0.2, -0.15) is 0 Å². The average molecular weight is 275 g/mol. The fourth-order valence-electron chi connectivity index (χ4n) is 1.11. The van der Waals surface area contributed by atoms with Crippen molar-refractivity contribution >= 4 is 15.9 Å². The predicted molar refractivity (Wildman–Crippen MR) is 61.9 cm³/mol. The van der Waals surface area contributed by atoms with Gasteiger partial charge in [0.15, 0.2) is 0 Å². The van der Waals surface area contributed by atoms with Crippen molar-refractivity contribution in [3.05, 3.63) is 28.2 Å². The van der Waals surface area contributed by atoms with E-state index in [0.29, 0.717) is 18.8 Å². The van der Waals surface area contributed by atoms with Gasteiger partial charge < -0.3 is 14.9 Å². The van der Waals surface area contributed by atoms with Crippen LogP contribution in [0.4, 0.5) is 0 Å². The molecular weight excluding hydrogens is 260 g/mol. The number of rotatable bonds is 5. The third-order valence-electron chi connectivity index (χ3n) is 1.99. The van der Waals surface area contributed by atoms with Crippen LogP contribution in [0.15, 0.2) is 22.7 Å². The predicted octanol–water partition coefficient (Wildman–Crippen LogP) is 2.09. The molecular formula is C11H15BrO3. The van der Waals surface area contributed by atoms with Crippen molar-refractivity contribution in [3.8, 4) is 5.75 Å². The molecule has 0 aliphatic heterocycles. The van der Waals surface area contributed by atoms with Crippen molar-refractivity contribution < 1.29 is 14.9 Å². The largest absolute Gasteiger partial charge is 0.493 e. The molecule has 1 aromatic rings. The van der Waals surface area contributed by atoms with E-state index < -0.39 is 0 Å². The van der Waals surface area contributed by atoms with E-state index in [9.17, 15) is 0 Å². The number of hydrogen-bond acceptors (Lipinski definition) is 3. The second-order valence-electron chi connectivity index (χ2n) is 3.40. The van der Waals surface area contributed by atoms with E-state index in [0.717, 1.165) is 10.0 Å². The van der Waals surface area contributed by atoms with Gasteiger partial charge in [-0.25, -0.2) is 0 Å². The van der Waals surface area contributed by atoms with Gasteiger partial charge in [0, 0.05) is 10.9 Å². The Morgan fingerprint density at radius 1 is 1.47 bits per heavy atom. The van der Waals surface area contributed by atoms with Crippen LogP contribution in [0.5, 0.6) is 5.75 Å². The highest BCUT2D eigenvalue weighted by molar-refractivity contribution is 9.10. The third kappa shape index (κ3) is 4.20. The van der Waals surface area contributed by atoms with Crippen molar-refractivity contribution in [3.63, 3.8) is 0 Å². The molecule has 0 heterocycles. The molecule has 0 aliphatic carbocycles. The molecule has 4 heteroatoms. The maximum atomic E-state index is 9.05. The Bertz CT molecular complexity index is 313. The van der Waals surface area contributed by atoms with Gasteiger partial charge in [0.05, 0.1) is 19.3 Å². The van der Waals surface area contributed by atoms with E-state index in [1.54, 1.807) is 13.0 Å². The molecule has 1 aromatic carbocycles. The number of ether oxygens (including phenoxy) is 1. The minimum Gasteiger partial charge on any atom is -0.493 e. The van der Waals surface area contributed by atoms with Crippen LogP contribution in [-0.2, 0) is 6.61 Å². The first-order valence-corrected chi connectivity index (χ1v) is 5.63. The molecule has 0 aliphatic rings. The summed E-state index contributed by atoms with van der Waals surface area (Å²) in [6.45, 7) is 2.18. The van der Waals surface area contributed by atoms with Crippen molar-refractivity contribution in [1.29, 1.82) is 0 Å².